The number of carbonyl (C=O) groups excluding carboxylic acids is 2. The van der Waals surface area contributed by atoms with Crippen LogP contribution in [-0.2, 0) is 0 Å². The fourth-order valence-corrected chi connectivity index (χ4v) is 0.803. The minimum Gasteiger partial charge on any atom is -0.364 e. The highest BCUT2D eigenvalue weighted by atomic mass is 16.2. The van der Waals surface area contributed by atoms with Crippen molar-refractivity contribution in [1.29, 1.82) is 0 Å². The summed E-state index contributed by atoms with van der Waals surface area (Å²) in [5.41, 5.74) is 4.80. The first kappa shape index (κ1) is 9.11. The lowest BCUT2D eigenvalue weighted by Gasteiger charge is -2.01. The Morgan fingerprint density at radius 2 is 1.85 bits per heavy atom. The molecule has 0 fully saturated rings. The lowest BCUT2D eigenvalue weighted by atomic mass is 10.3. The third kappa shape index (κ3) is 1.78. The van der Waals surface area contributed by atoms with Crippen LogP contribution in [0, 0.1) is 0 Å². The molecule has 0 aliphatic heterocycles. The van der Waals surface area contributed by atoms with Crippen LogP contribution in [0.3, 0.4) is 0 Å². The first-order chi connectivity index (χ1) is 6.16. The monoisotopic (exact) mass is 180 g/mol. The van der Waals surface area contributed by atoms with Gasteiger partial charge in [0.1, 0.15) is 0 Å². The summed E-state index contributed by atoms with van der Waals surface area (Å²) in [4.78, 5) is 29.2. The first-order valence-corrected chi connectivity index (χ1v) is 3.49. The molecular formula is C7H8N4O2. The highest BCUT2D eigenvalue weighted by molar-refractivity contribution is 6.03. The van der Waals surface area contributed by atoms with Crippen molar-refractivity contribution >= 4 is 11.8 Å². The van der Waals surface area contributed by atoms with E-state index in [1.54, 1.807) is 0 Å². The minimum atomic E-state index is -0.772. The van der Waals surface area contributed by atoms with Crippen LogP contribution in [0.15, 0.2) is 12.4 Å². The largest absolute Gasteiger partial charge is 0.364 e. The van der Waals surface area contributed by atoms with Crippen molar-refractivity contribution < 1.29 is 9.59 Å². The maximum Gasteiger partial charge on any atom is 0.272 e. The Balaban J connectivity index is 3.19. The molecule has 0 bridgehead atoms. The van der Waals surface area contributed by atoms with Gasteiger partial charge in [-0.3, -0.25) is 9.59 Å². The maximum absolute atomic E-state index is 11.1. The van der Waals surface area contributed by atoms with Crippen molar-refractivity contribution in [2.24, 2.45) is 5.73 Å². The van der Waals surface area contributed by atoms with Crippen molar-refractivity contribution in [2.75, 3.05) is 7.05 Å². The zero-order chi connectivity index (χ0) is 9.84. The van der Waals surface area contributed by atoms with E-state index in [1.165, 1.54) is 19.4 Å². The molecule has 3 N–H and O–H groups in total. The van der Waals surface area contributed by atoms with E-state index >= 15 is 0 Å². The van der Waals surface area contributed by atoms with E-state index in [9.17, 15) is 9.59 Å². The Bertz CT molecular complexity index is 350. The predicted octanol–water partition coefficient (Wildman–Crippen LogP) is -1.06. The topological polar surface area (TPSA) is 98.0 Å². The first-order valence-electron chi connectivity index (χ1n) is 3.49. The molecule has 6 nitrogen and oxygen atoms in total. The average molecular weight is 180 g/mol. The fourth-order valence-electron chi connectivity index (χ4n) is 0.803. The molecule has 13 heavy (non-hydrogen) atoms. The molecule has 0 atom stereocenters. The third-order valence-corrected chi connectivity index (χ3v) is 1.37. The third-order valence-electron chi connectivity index (χ3n) is 1.37. The van der Waals surface area contributed by atoms with E-state index < -0.39 is 11.8 Å². The number of hydrogen-bond donors (Lipinski definition) is 2. The normalized spacial score (nSPS) is 9.31. The number of aromatic nitrogens is 2. The molecule has 1 rings (SSSR count). The van der Waals surface area contributed by atoms with Gasteiger partial charge in [0.15, 0.2) is 11.4 Å². The average Bonchev–Trinajstić information content (AvgIpc) is 2.16. The fraction of sp³-hybridized carbons (Fsp3) is 0.143. The van der Waals surface area contributed by atoms with Gasteiger partial charge in [-0.15, -0.1) is 0 Å². The zero-order valence-corrected chi connectivity index (χ0v) is 6.94. The number of primary amides is 1. The summed E-state index contributed by atoms with van der Waals surface area (Å²) < 4.78 is 0. The van der Waals surface area contributed by atoms with Crippen molar-refractivity contribution in [3.63, 3.8) is 0 Å². The number of nitrogens with zero attached hydrogens (tertiary/aromatic N) is 2. The van der Waals surface area contributed by atoms with Crippen LogP contribution < -0.4 is 11.1 Å². The van der Waals surface area contributed by atoms with Crippen LogP contribution in [0.4, 0.5) is 0 Å². The number of nitrogens with one attached hydrogen (secondary N) is 1. The predicted molar refractivity (Wildman–Crippen MR) is 43.9 cm³/mol. The number of hydrogen-bond acceptors (Lipinski definition) is 4. The molecule has 0 unspecified atom stereocenters. The van der Waals surface area contributed by atoms with E-state index in [1.807, 2.05) is 0 Å². The van der Waals surface area contributed by atoms with Crippen LogP contribution in [0.2, 0.25) is 0 Å². The summed E-state index contributed by atoms with van der Waals surface area (Å²) in [7, 11) is 1.43. The van der Waals surface area contributed by atoms with Gasteiger partial charge >= 0.3 is 0 Å². The molecule has 68 valence electrons. The molecule has 0 saturated carbocycles. The SMILES string of the molecule is CNC(=O)c1nccnc1C(N)=O. The van der Waals surface area contributed by atoms with E-state index in [0.29, 0.717) is 0 Å². The lowest BCUT2D eigenvalue weighted by Crippen LogP contribution is -2.25. The highest BCUT2D eigenvalue weighted by Gasteiger charge is 2.15. The Kier molecular flexibility index (Phi) is 2.53. The second kappa shape index (κ2) is 3.61. The molecular weight excluding hydrogens is 172 g/mol. The van der Waals surface area contributed by atoms with Gasteiger partial charge in [-0.2, -0.15) is 0 Å². The second-order valence-corrected chi connectivity index (χ2v) is 2.20. The van der Waals surface area contributed by atoms with Crippen LogP contribution in [-0.4, -0.2) is 28.8 Å². The number of amides is 2. The van der Waals surface area contributed by atoms with E-state index in [0.717, 1.165) is 0 Å². The molecule has 1 aromatic rings. The van der Waals surface area contributed by atoms with E-state index in [-0.39, 0.29) is 11.4 Å². The molecule has 1 aromatic heterocycles. The summed E-state index contributed by atoms with van der Waals surface area (Å²) in [5.74, 6) is -1.26. The Labute approximate surface area is 74.2 Å². The summed E-state index contributed by atoms with van der Waals surface area (Å²) in [6.45, 7) is 0. The molecule has 0 aromatic carbocycles. The molecule has 0 radical (unpaired) electrons. The van der Waals surface area contributed by atoms with Gasteiger partial charge < -0.3 is 11.1 Å². The maximum atomic E-state index is 11.1. The quantitative estimate of drug-likeness (QED) is 0.605. The van der Waals surface area contributed by atoms with Gasteiger partial charge in [-0.05, 0) is 0 Å². The number of rotatable bonds is 2. The lowest BCUT2D eigenvalue weighted by molar-refractivity contribution is 0.0936. The summed E-state index contributed by atoms with van der Waals surface area (Å²) in [6, 6.07) is 0. The van der Waals surface area contributed by atoms with Crippen molar-refractivity contribution in [1.82, 2.24) is 15.3 Å². The Morgan fingerprint density at radius 1 is 1.31 bits per heavy atom. The number of nitrogens with two attached hydrogens (primary N) is 1. The van der Waals surface area contributed by atoms with Crippen LogP contribution >= 0.6 is 0 Å². The van der Waals surface area contributed by atoms with Crippen molar-refractivity contribution in [3.05, 3.63) is 23.8 Å². The molecule has 0 saturated heterocycles. The van der Waals surface area contributed by atoms with E-state index in [2.05, 4.69) is 15.3 Å². The molecule has 0 aliphatic carbocycles. The molecule has 2 amide bonds. The summed E-state index contributed by atoms with van der Waals surface area (Å²) >= 11 is 0. The second-order valence-electron chi connectivity index (χ2n) is 2.20. The van der Waals surface area contributed by atoms with Gasteiger partial charge in [0.05, 0.1) is 0 Å². The minimum absolute atomic E-state index is 0.0579. The standard InChI is InChI=1S/C7H8N4O2/c1-9-7(13)5-4(6(8)12)10-2-3-11-5/h2-3H,1H3,(H2,8,12)(H,9,13). The van der Waals surface area contributed by atoms with E-state index in [4.69, 9.17) is 5.73 Å². The van der Waals surface area contributed by atoms with Gasteiger partial charge in [0.25, 0.3) is 11.8 Å². The smallest absolute Gasteiger partial charge is 0.272 e. The van der Waals surface area contributed by atoms with Gasteiger partial charge in [-0.25, -0.2) is 9.97 Å². The van der Waals surface area contributed by atoms with Crippen LogP contribution in [0.25, 0.3) is 0 Å². The van der Waals surface area contributed by atoms with Gasteiger partial charge in [0, 0.05) is 19.4 Å². The number of carbonyl (C=O) groups is 2. The highest BCUT2D eigenvalue weighted by Crippen LogP contribution is 1.99. The van der Waals surface area contributed by atoms with Gasteiger partial charge in [0.2, 0.25) is 0 Å². The van der Waals surface area contributed by atoms with Crippen molar-refractivity contribution in [2.45, 2.75) is 0 Å². The molecule has 0 spiro atoms. The molecule has 6 heteroatoms. The summed E-state index contributed by atoms with van der Waals surface area (Å²) in [5, 5.41) is 2.33. The van der Waals surface area contributed by atoms with Crippen molar-refractivity contribution in [3.8, 4) is 0 Å². The van der Waals surface area contributed by atoms with Crippen LogP contribution in [0.1, 0.15) is 21.0 Å². The molecule has 0 aliphatic rings. The van der Waals surface area contributed by atoms with Crippen LogP contribution in [0.5, 0.6) is 0 Å². The Hall–Kier alpha value is -1.98. The molecule has 1 heterocycles. The Morgan fingerprint density at radius 3 is 2.31 bits per heavy atom. The van der Waals surface area contributed by atoms with Gasteiger partial charge in [-0.1, -0.05) is 0 Å². The summed E-state index contributed by atoms with van der Waals surface area (Å²) in [6.07, 6.45) is 2.61. The zero-order valence-electron chi connectivity index (χ0n) is 6.94.